The van der Waals surface area contributed by atoms with Crippen LogP contribution in [0.4, 0.5) is 5.13 Å². The average Bonchev–Trinajstić information content (AvgIpc) is 3.09. The second-order valence-corrected chi connectivity index (χ2v) is 9.20. The van der Waals surface area contributed by atoms with Crippen molar-refractivity contribution in [2.75, 3.05) is 18.2 Å². The third-order valence-corrected chi connectivity index (χ3v) is 6.40. The van der Waals surface area contributed by atoms with Gasteiger partial charge in [-0.25, -0.2) is 8.42 Å². The lowest BCUT2D eigenvalue weighted by molar-refractivity contribution is -0.113. The van der Waals surface area contributed by atoms with Crippen molar-refractivity contribution >= 4 is 32.2 Å². The van der Waals surface area contributed by atoms with Crippen molar-refractivity contribution < 1.29 is 17.9 Å². The van der Waals surface area contributed by atoms with E-state index in [0.717, 1.165) is 16.9 Å². The van der Waals surface area contributed by atoms with Gasteiger partial charge in [0.25, 0.3) is 0 Å². The smallest absolute Gasteiger partial charge is 0.241 e. The summed E-state index contributed by atoms with van der Waals surface area (Å²) >= 11 is 1.21. The molecule has 0 spiro atoms. The summed E-state index contributed by atoms with van der Waals surface area (Å²) in [7, 11) is -2.11. The molecule has 7 nitrogen and oxygen atoms in total. The quantitative estimate of drug-likeness (QED) is 0.635. The number of anilines is 1. The summed E-state index contributed by atoms with van der Waals surface area (Å²) in [6, 6.07) is 13.9. The summed E-state index contributed by atoms with van der Waals surface area (Å²) < 4.78 is 29.8. The lowest BCUT2D eigenvalue weighted by atomic mass is 10.1. The fourth-order valence-electron chi connectivity index (χ4n) is 2.45. The fourth-order valence-corrected chi connectivity index (χ4v) is 4.38. The van der Waals surface area contributed by atoms with Crippen LogP contribution in [-0.4, -0.2) is 37.4 Å². The molecule has 3 aromatic rings. The lowest BCUT2D eigenvalue weighted by Crippen LogP contribution is -2.23. The van der Waals surface area contributed by atoms with Crippen molar-refractivity contribution in [1.82, 2.24) is 10.2 Å². The number of nitrogens with zero attached hydrogens (tertiary/aromatic N) is 2. The molecule has 0 saturated carbocycles. The summed E-state index contributed by atoms with van der Waals surface area (Å²) in [4.78, 5) is 12.3. The lowest BCUT2D eigenvalue weighted by Gasteiger charge is -2.04. The van der Waals surface area contributed by atoms with Crippen LogP contribution in [0.15, 0.2) is 53.4 Å². The van der Waals surface area contributed by atoms with Crippen LogP contribution < -0.4 is 10.1 Å². The minimum Gasteiger partial charge on any atom is -0.497 e. The number of rotatable bonds is 7. The normalized spacial score (nSPS) is 11.2. The Bertz CT molecular complexity index is 1060. The van der Waals surface area contributed by atoms with E-state index in [1.54, 1.807) is 19.2 Å². The molecular formula is C19H19N3O4S2. The van der Waals surface area contributed by atoms with Gasteiger partial charge < -0.3 is 4.74 Å². The van der Waals surface area contributed by atoms with Crippen molar-refractivity contribution in [3.8, 4) is 5.75 Å². The van der Waals surface area contributed by atoms with E-state index in [2.05, 4.69) is 15.5 Å². The molecule has 1 amide bonds. The fraction of sp³-hybridized carbons (Fsp3) is 0.211. The predicted octanol–water partition coefficient (Wildman–Crippen LogP) is 2.86. The van der Waals surface area contributed by atoms with Crippen molar-refractivity contribution in [2.45, 2.75) is 18.2 Å². The summed E-state index contributed by atoms with van der Waals surface area (Å²) in [5.74, 6) is -0.528. The van der Waals surface area contributed by atoms with Crippen molar-refractivity contribution in [3.63, 3.8) is 0 Å². The molecule has 1 N–H and O–H groups in total. The van der Waals surface area contributed by atoms with E-state index in [0.29, 0.717) is 11.4 Å². The molecule has 0 aliphatic carbocycles. The van der Waals surface area contributed by atoms with Crippen molar-refractivity contribution in [3.05, 3.63) is 64.7 Å². The van der Waals surface area contributed by atoms with Gasteiger partial charge in [0.1, 0.15) is 16.5 Å². The standard InChI is InChI=1S/C19H19N3O4S2/c1-13-3-9-16(10-4-13)28(24,25)12-17(23)20-19-22-21-18(27-19)11-14-5-7-15(26-2)8-6-14/h3-10H,11-12H2,1-2H3,(H,20,22,23). The van der Waals surface area contributed by atoms with Gasteiger partial charge in [0.2, 0.25) is 11.0 Å². The largest absolute Gasteiger partial charge is 0.497 e. The van der Waals surface area contributed by atoms with Crippen LogP contribution in [0.3, 0.4) is 0 Å². The SMILES string of the molecule is COc1ccc(Cc2nnc(NC(=O)CS(=O)(=O)c3ccc(C)cc3)s2)cc1. The Kier molecular flexibility index (Phi) is 6.05. The molecule has 0 atom stereocenters. The summed E-state index contributed by atoms with van der Waals surface area (Å²) in [5, 5.41) is 11.5. The number of hydrogen-bond donors (Lipinski definition) is 1. The number of nitrogens with one attached hydrogen (secondary N) is 1. The van der Waals surface area contributed by atoms with Gasteiger partial charge in [-0.15, -0.1) is 10.2 Å². The first-order valence-electron chi connectivity index (χ1n) is 8.40. The molecule has 146 valence electrons. The van der Waals surface area contributed by atoms with Gasteiger partial charge in [-0.05, 0) is 36.8 Å². The minimum absolute atomic E-state index is 0.116. The monoisotopic (exact) mass is 417 g/mol. The first kappa shape index (κ1) is 20.0. The Morgan fingerprint density at radius 3 is 2.39 bits per heavy atom. The van der Waals surface area contributed by atoms with Gasteiger partial charge in [0.05, 0.1) is 12.0 Å². The molecule has 9 heteroatoms. The summed E-state index contributed by atoms with van der Waals surface area (Å²) in [5.41, 5.74) is 1.97. The number of hydrogen-bond acceptors (Lipinski definition) is 7. The maximum absolute atomic E-state index is 12.3. The average molecular weight is 418 g/mol. The van der Waals surface area contributed by atoms with Crippen LogP contribution in [-0.2, 0) is 21.1 Å². The Labute approximate surface area is 167 Å². The maximum Gasteiger partial charge on any atom is 0.241 e. The van der Waals surface area contributed by atoms with Gasteiger partial charge in [0.15, 0.2) is 9.84 Å². The zero-order valence-corrected chi connectivity index (χ0v) is 17.0. The predicted molar refractivity (Wildman–Crippen MR) is 108 cm³/mol. The number of carbonyl (C=O) groups is 1. The molecule has 0 aliphatic rings. The maximum atomic E-state index is 12.3. The number of aryl methyl sites for hydroxylation is 1. The van der Waals surface area contributed by atoms with Gasteiger partial charge in [-0.2, -0.15) is 0 Å². The molecule has 0 fully saturated rings. The summed E-state index contributed by atoms with van der Waals surface area (Å²) in [6.07, 6.45) is 0.555. The van der Waals surface area contributed by atoms with Crippen LogP contribution in [0, 0.1) is 6.92 Å². The Morgan fingerprint density at radius 1 is 1.07 bits per heavy atom. The third-order valence-electron chi connectivity index (χ3n) is 3.93. The van der Waals surface area contributed by atoms with Crippen LogP contribution in [0.5, 0.6) is 5.75 Å². The first-order valence-corrected chi connectivity index (χ1v) is 10.9. The second-order valence-electron chi connectivity index (χ2n) is 6.15. The number of benzene rings is 2. The number of aromatic nitrogens is 2. The molecular weight excluding hydrogens is 398 g/mol. The molecule has 3 rings (SSSR count). The molecule has 28 heavy (non-hydrogen) atoms. The van der Waals surface area contributed by atoms with Gasteiger partial charge in [-0.3, -0.25) is 10.1 Å². The van der Waals surface area contributed by atoms with Crippen molar-refractivity contribution in [1.29, 1.82) is 0 Å². The Morgan fingerprint density at radius 2 is 1.75 bits per heavy atom. The highest BCUT2D eigenvalue weighted by Gasteiger charge is 2.20. The Hall–Kier alpha value is -2.78. The molecule has 1 aromatic heterocycles. The van der Waals surface area contributed by atoms with Crippen LogP contribution in [0.1, 0.15) is 16.1 Å². The topological polar surface area (TPSA) is 98.2 Å². The number of sulfone groups is 1. The minimum atomic E-state index is -3.71. The molecule has 0 aliphatic heterocycles. The highest BCUT2D eigenvalue weighted by Crippen LogP contribution is 2.20. The number of amides is 1. The van der Waals surface area contributed by atoms with Gasteiger partial charge >= 0.3 is 0 Å². The van der Waals surface area contributed by atoms with E-state index >= 15 is 0 Å². The highest BCUT2D eigenvalue weighted by molar-refractivity contribution is 7.92. The van der Waals surface area contributed by atoms with Crippen molar-refractivity contribution in [2.24, 2.45) is 0 Å². The molecule has 0 radical (unpaired) electrons. The highest BCUT2D eigenvalue weighted by atomic mass is 32.2. The van der Waals surface area contributed by atoms with E-state index in [-0.39, 0.29) is 10.0 Å². The molecule has 2 aromatic carbocycles. The van der Waals surface area contributed by atoms with Gasteiger partial charge in [-0.1, -0.05) is 41.2 Å². The number of carbonyl (C=O) groups excluding carboxylic acids is 1. The zero-order chi connectivity index (χ0) is 20.1. The zero-order valence-electron chi connectivity index (χ0n) is 15.4. The Balaban J connectivity index is 1.60. The number of methoxy groups -OCH3 is 1. The molecule has 0 unspecified atom stereocenters. The molecule has 0 bridgehead atoms. The first-order chi connectivity index (χ1) is 13.4. The molecule has 0 saturated heterocycles. The van der Waals surface area contributed by atoms with E-state index in [1.807, 2.05) is 31.2 Å². The number of ether oxygens (including phenoxy) is 1. The van der Waals surface area contributed by atoms with Crippen LogP contribution in [0.2, 0.25) is 0 Å². The van der Waals surface area contributed by atoms with E-state index in [4.69, 9.17) is 4.74 Å². The summed E-state index contributed by atoms with van der Waals surface area (Å²) in [6.45, 7) is 1.86. The van der Waals surface area contributed by atoms with E-state index in [9.17, 15) is 13.2 Å². The van der Waals surface area contributed by atoms with E-state index in [1.165, 1.54) is 23.5 Å². The third kappa shape index (κ3) is 5.14. The molecule has 1 heterocycles. The van der Waals surface area contributed by atoms with Crippen LogP contribution in [0.25, 0.3) is 0 Å². The van der Waals surface area contributed by atoms with Crippen LogP contribution >= 0.6 is 11.3 Å². The van der Waals surface area contributed by atoms with E-state index < -0.39 is 21.5 Å². The van der Waals surface area contributed by atoms with Gasteiger partial charge in [0, 0.05) is 6.42 Å². The second kappa shape index (κ2) is 8.49.